The SMILES string of the molecule is CCn1cncc1COCC1CCNCC1. The van der Waals surface area contributed by atoms with Gasteiger partial charge in [0.15, 0.2) is 0 Å². The fourth-order valence-electron chi connectivity index (χ4n) is 2.13. The van der Waals surface area contributed by atoms with Crippen LogP contribution in [-0.4, -0.2) is 29.2 Å². The molecule has 0 radical (unpaired) electrons. The largest absolute Gasteiger partial charge is 0.375 e. The van der Waals surface area contributed by atoms with Crippen molar-refractivity contribution in [2.75, 3.05) is 19.7 Å². The summed E-state index contributed by atoms with van der Waals surface area (Å²) in [6.45, 7) is 6.94. The standard InChI is InChI=1S/C12H21N3O/c1-2-15-10-14-7-12(15)9-16-8-11-3-5-13-6-4-11/h7,10-11,13H,2-6,8-9H2,1H3. The number of piperidine rings is 1. The van der Waals surface area contributed by atoms with Crippen LogP contribution < -0.4 is 5.32 Å². The summed E-state index contributed by atoms with van der Waals surface area (Å²) in [7, 11) is 0. The third-order valence-electron chi connectivity index (χ3n) is 3.20. The van der Waals surface area contributed by atoms with Crippen LogP contribution >= 0.6 is 0 Å². The van der Waals surface area contributed by atoms with Gasteiger partial charge < -0.3 is 14.6 Å². The first-order valence-corrected chi connectivity index (χ1v) is 6.17. The smallest absolute Gasteiger partial charge is 0.0948 e. The van der Waals surface area contributed by atoms with E-state index in [2.05, 4.69) is 21.8 Å². The minimum absolute atomic E-state index is 0.692. The molecule has 16 heavy (non-hydrogen) atoms. The highest BCUT2D eigenvalue weighted by molar-refractivity contribution is 4.96. The summed E-state index contributed by atoms with van der Waals surface area (Å²) < 4.78 is 7.90. The van der Waals surface area contributed by atoms with Gasteiger partial charge in [0, 0.05) is 6.54 Å². The lowest BCUT2D eigenvalue weighted by molar-refractivity contribution is 0.0727. The van der Waals surface area contributed by atoms with Gasteiger partial charge >= 0.3 is 0 Å². The average Bonchev–Trinajstić information content (AvgIpc) is 2.78. The average molecular weight is 223 g/mol. The van der Waals surface area contributed by atoms with Crippen molar-refractivity contribution >= 4 is 0 Å². The molecule has 1 aromatic heterocycles. The minimum atomic E-state index is 0.692. The molecule has 2 heterocycles. The van der Waals surface area contributed by atoms with Crippen LogP contribution in [0, 0.1) is 5.92 Å². The van der Waals surface area contributed by atoms with E-state index in [1.54, 1.807) is 0 Å². The van der Waals surface area contributed by atoms with Gasteiger partial charge in [-0.3, -0.25) is 0 Å². The number of rotatable bonds is 5. The predicted octanol–water partition coefficient (Wildman–Crippen LogP) is 1.42. The van der Waals surface area contributed by atoms with Gasteiger partial charge in [-0.05, 0) is 38.8 Å². The lowest BCUT2D eigenvalue weighted by Gasteiger charge is -2.22. The molecule has 0 bridgehead atoms. The molecule has 1 aliphatic rings. The molecular weight excluding hydrogens is 202 g/mol. The second-order valence-corrected chi connectivity index (χ2v) is 4.38. The maximum Gasteiger partial charge on any atom is 0.0948 e. The molecule has 4 heteroatoms. The lowest BCUT2D eigenvalue weighted by Crippen LogP contribution is -2.29. The number of aromatic nitrogens is 2. The second kappa shape index (κ2) is 6.01. The first kappa shape index (κ1) is 11.6. The molecule has 0 unspecified atom stereocenters. The van der Waals surface area contributed by atoms with Crippen molar-refractivity contribution in [2.45, 2.75) is 32.9 Å². The van der Waals surface area contributed by atoms with Crippen molar-refractivity contribution < 1.29 is 4.74 Å². The summed E-state index contributed by atoms with van der Waals surface area (Å²) in [5, 5.41) is 3.37. The molecule has 4 nitrogen and oxygen atoms in total. The molecule has 90 valence electrons. The number of imidazole rings is 1. The Morgan fingerprint density at radius 2 is 2.31 bits per heavy atom. The monoisotopic (exact) mass is 223 g/mol. The van der Waals surface area contributed by atoms with Gasteiger partial charge in [0.2, 0.25) is 0 Å². The van der Waals surface area contributed by atoms with E-state index in [1.165, 1.54) is 18.5 Å². The van der Waals surface area contributed by atoms with E-state index in [4.69, 9.17) is 4.74 Å². The highest BCUT2D eigenvalue weighted by Crippen LogP contribution is 2.12. The molecule has 0 aliphatic carbocycles. The number of nitrogens with one attached hydrogen (secondary N) is 1. The summed E-state index contributed by atoms with van der Waals surface area (Å²) in [5.74, 6) is 0.735. The molecule has 0 atom stereocenters. The van der Waals surface area contributed by atoms with Gasteiger partial charge in [-0.25, -0.2) is 4.98 Å². The van der Waals surface area contributed by atoms with Crippen molar-refractivity contribution in [3.05, 3.63) is 18.2 Å². The van der Waals surface area contributed by atoms with Crippen LogP contribution in [0.2, 0.25) is 0 Å². The van der Waals surface area contributed by atoms with Gasteiger partial charge in [0.25, 0.3) is 0 Å². The third kappa shape index (κ3) is 3.06. The second-order valence-electron chi connectivity index (χ2n) is 4.38. The molecule has 0 saturated carbocycles. The topological polar surface area (TPSA) is 39.1 Å². The Morgan fingerprint density at radius 1 is 1.50 bits per heavy atom. The number of aryl methyl sites for hydroxylation is 1. The molecule has 0 amide bonds. The first-order valence-electron chi connectivity index (χ1n) is 6.17. The molecule has 1 fully saturated rings. The zero-order chi connectivity index (χ0) is 11.2. The normalized spacial score (nSPS) is 17.8. The van der Waals surface area contributed by atoms with Crippen LogP contribution in [0.1, 0.15) is 25.5 Å². The summed E-state index contributed by atoms with van der Waals surface area (Å²) in [5.41, 5.74) is 1.18. The molecule has 1 aromatic rings. The Kier molecular flexibility index (Phi) is 4.36. The zero-order valence-electron chi connectivity index (χ0n) is 9.98. The Bertz CT molecular complexity index is 305. The Balaban J connectivity index is 1.71. The van der Waals surface area contributed by atoms with E-state index < -0.39 is 0 Å². The van der Waals surface area contributed by atoms with Gasteiger partial charge in [-0.2, -0.15) is 0 Å². The minimum Gasteiger partial charge on any atom is -0.375 e. The van der Waals surface area contributed by atoms with Crippen molar-refractivity contribution in [3.8, 4) is 0 Å². The van der Waals surface area contributed by atoms with Crippen LogP contribution in [-0.2, 0) is 17.9 Å². The van der Waals surface area contributed by atoms with E-state index >= 15 is 0 Å². The molecule has 0 aromatic carbocycles. The van der Waals surface area contributed by atoms with Crippen LogP contribution in [0.3, 0.4) is 0 Å². The van der Waals surface area contributed by atoms with Crippen molar-refractivity contribution in [1.82, 2.24) is 14.9 Å². The Labute approximate surface area is 97.0 Å². The van der Waals surface area contributed by atoms with Gasteiger partial charge in [-0.1, -0.05) is 0 Å². The van der Waals surface area contributed by atoms with Crippen molar-refractivity contribution in [3.63, 3.8) is 0 Å². The number of hydrogen-bond acceptors (Lipinski definition) is 3. The molecule has 1 aliphatic heterocycles. The van der Waals surface area contributed by atoms with E-state index in [0.717, 1.165) is 32.2 Å². The van der Waals surface area contributed by atoms with Crippen LogP contribution in [0.25, 0.3) is 0 Å². The highest BCUT2D eigenvalue weighted by Gasteiger charge is 2.13. The molecular formula is C12H21N3O. The lowest BCUT2D eigenvalue weighted by atomic mass is 9.99. The van der Waals surface area contributed by atoms with E-state index in [-0.39, 0.29) is 0 Å². The summed E-state index contributed by atoms with van der Waals surface area (Å²) in [4.78, 5) is 4.13. The van der Waals surface area contributed by atoms with Gasteiger partial charge in [0.1, 0.15) is 0 Å². The fourth-order valence-corrected chi connectivity index (χ4v) is 2.13. The quantitative estimate of drug-likeness (QED) is 0.820. The summed E-state index contributed by atoms with van der Waals surface area (Å²) >= 11 is 0. The van der Waals surface area contributed by atoms with Crippen LogP contribution in [0.5, 0.6) is 0 Å². The molecule has 1 saturated heterocycles. The van der Waals surface area contributed by atoms with E-state index in [9.17, 15) is 0 Å². The zero-order valence-corrected chi connectivity index (χ0v) is 9.98. The van der Waals surface area contributed by atoms with Crippen molar-refractivity contribution in [1.29, 1.82) is 0 Å². The number of ether oxygens (including phenoxy) is 1. The Morgan fingerprint density at radius 3 is 3.06 bits per heavy atom. The van der Waals surface area contributed by atoms with Gasteiger partial charge in [-0.15, -0.1) is 0 Å². The van der Waals surface area contributed by atoms with Gasteiger partial charge in [0.05, 0.1) is 31.4 Å². The fraction of sp³-hybridized carbons (Fsp3) is 0.750. The number of hydrogen-bond donors (Lipinski definition) is 1. The molecule has 0 spiro atoms. The highest BCUT2D eigenvalue weighted by atomic mass is 16.5. The summed E-state index contributed by atoms with van der Waals surface area (Å²) in [6, 6.07) is 0. The van der Waals surface area contributed by atoms with Crippen molar-refractivity contribution in [2.24, 2.45) is 5.92 Å². The third-order valence-corrected chi connectivity index (χ3v) is 3.20. The maximum atomic E-state index is 5.77. The first-order chi connectivity index (χ1) is 7.90. The van der Waals surface area contributed by atoms with Crippen LogP contribution in [0.15, 0.2) is 12.5 Å². The predicted molar refractivity (Wildman–Crippen MR) is 63.2 cm³/mol. The van der Waals surface area contributed by atoms with E-state index in [1.807, 2.05) is 12.5 Å². The Hall–Kier alpha value is -0.870. The molecule has 2 rings (SSSR count). The number of nitrogens with zero attached hydrogens (tertiary/aromatic N) is 2. The summed E-state index contributed by atoms with van der Waals surface area (Å²) in [6.07, 6.45) is 6.25. The van der Waals surface area contributed by atoms with E-state index in [0.29, 0.717) is 6.61 Å². The molecule has 1 N–H and O–H groups in total. The maximum absolute atomic E-state index is 5.77. The van der Waals surface area contributed by atoms with Crippen LogP contribution in [0.4, 0.5) is 0 Å².